The lowest BCUT2D eigenvalue weighted by Gasteiger charge is -1.97. The molecular formula is C8H6BrNO. The van der Waals surface area contributed by atoms with Crippen LogP contribution in [0.1, 0.15) is 5.56 Å². The van der Waals surface area contributed by atoms with Crippen LogP contribution >= 0.6 is 15.9 Å². The van der Waals surface area contributed by atoms with Crippen LogP contribution in [0.5, 0.6) is 0 Å². The average molecular weight is 212 g/mol. The smallest absolute Gasteiger partial charge is 0.125 e. The Bertz CT molecular complexity index is 316. The van der Waals surface area contributed by atoms with Crippen molar-refractivity contribution in [3.05, 3.63) is 28.2 Å². The summed E-state index contributed by atoms with van der Waals surface area (Å²) < 4.78 is 0.793. The van der Waals surface area contributed by atoms with Crippen molar-refractivity contribution in [1.82, 2.24) is 0 Å². The number of rotatable bonds is 1. The van der Waals surface area contributed by atoms with Crippen LogP contribution in [0.15, 0.2) is 22.7 Å². The zero-order valence-corrected chi connectivity index (χ0v) is 7.26. The minimum atomic E-state index is 0.660. The molecule has 0 saturated heterocycles. The first-order valence-electron chi connectivity index (χ1n) is 3.00. The fourth-order valence-corrected chi connectivity index (χ4v) is 1.10. The molecule has 0 aliphatic heterocycles. The van der Waals surface area contributed by atoms with Gasteiger partial charge in [0.1, 0.15) is 5.94 Å². The SMILES string of the molecule is Nc1ccc(C=C=O)cc1Br. The Kier molecular flexibility index (Phi) is 2.47. The van der Waals surface area contributed by atoms with Gasteiger partial charge in [-0.25, -0.2) is 4.79 Å². The lowest BCUT2D eigenvalue weighted by atomic mass is 10.2. The summed E-state index contributed by atoms with van der Waals surface area (Å²) in [5, 5.41) is 0. The molecule has 0 atom stereocenters. The van der Waals surface area contributed by atoms with Crippen LogP contribution in [0.3, 0.4) is 0 Å². The van der Waals surface area contributed by atoms with Gasteiger partial charge in [-0.3, -0.25) is 0 Å². The van der Waals surface area contributed by atoms with E-state index in [1.165, 1.54) is 6.08 Å². The summed E-state index contributed by atoms with van der Waals surface area (Å²) in [4.78, 5) is 9.94. The molecule has 1 rings (SSSR count). The van der Waals surface area contributed by atoms with Crippen LogP contribution in [0.2, 0.25) is 0 Å². The summed E-state index contributed by atoms with van der Waals surface area (Å²) in [6.45, 7) is 0. The number of nitrogens with two attached hydrogens (primary N) is 1. The van der Waals surface area contributed by atoms with E-state index in [4.69, 9.17) is 5.73 Å². The molecule has 0 bridgehead atoms. The summed E-state index contributed by atoms with van der Waals surface area (Å²) in [5.41, 5.74) is 6.98. The summed E-state index contributed by atoms with van der Waals surface area (Å²) in [6.07, 6.45) is 1.35. The number of benzene rings is 1. The second-order valence-electron chi connectivity index (χ2n) is 2.04. The molecule has 0 heterocycles. The molecule has 0 radical (unpaired) electrons. The number of hydrogen-bond acceptors (Lipinski definition) is 2. The highest BCUT2D eigenvalue weighted by atomic mass is 79.9. The first-order valence-corrected chi connectivity index (χ1v) is 3.79. The Labute approximate surface area is 72.8 Å². The first kappa shape index (κ1) is 8.05. The fourth-order valence-electron chi connectivity index (χ4n) is 0.701. The first-order chi connectivity index (χ1) is 5.24. The Morgan fingerprint density at radius 1 is 1.55 bits per heavy atom. The van der Waals surface area contributed by atoms with Crippen LogP contribution < -0.4 is 5.73 Å². The highest BCUT2D eigenvalue weighted by Crippen LogP contribution is 2.20. The van der Waals surface area contributed by atoms with E-state index in [9.17, 15) is 4.79 Å². The van der Waals surface area contributed by atoms with Gasteiger partial charge >= 0.3 is 0 Å². The molecule has 3 heteroatoms. The molecule has 0 aliphatic carbocycles. The predicted molar refractivity (Wildman–Crippen MR) is 48.7 cm³/mol. The van der Waals surface area contributed by atoms with Crippen LogP contribution in [0, 0.1) is 0 Å². The molecule has 0 aromatic heterocycles. The number of nitrogen functional groups attached to an aromatic ring is 1. The molecule has 2 N–H and O–H groups in total. The maximum absolute atomic E-state index is 9.94. The van der Waals surface area contributed by atoms with Gasteiger partial charge in [0.2, 0.25) is 0 Å². The summed E-state index contributed by atoms with van der Waals surface area (Å²) in [7, 11) is 0. The second-order valence-corrected chi connectivity index (χ2v) is 2.90. The Balaban J connectivity index is 3.14. The zero-order valence-electron chi connectivity index (χ0n) is 5.67. The van der Waals surface area contributed by atoms with Crippen LogP contribution in [-0.2, 0) is 4.79 Å². The third kappa shape index (κ3) is 1.93. The third-order valence-corrected chi connectivity index (χ3v) is 1.94. The maximum Gasteiger partial charge on any atom is 0.125 e. The van der Waals surface area contributed by atoms with Gasteiger partial charge in [-0.05, 0) is 33.6 Å². The van der Waals surface area contributed by atoms with E-state index in [2.05, 4.69) is 15.9 Å². The number of anilines is 1. The molecular weight excluding hydrogens is 206 g/mol. The molecule has 0 amide bonds. The van der Waals surface area contributed by atoms with Crippen molar-refractivity contribution in [2.24, 2.45) is 0 Å². The maximum atomic E-state index is 9.94. The topological polar surface area (TPSA) is 43.1 Å². The molecule has 1 aromatic rings. The Morgan fingerprint density at radius 3 is 2.82 bits per heavy atom. The van der Waals surface area contributed by atoms with E-state index < -0.39 is 0 Å². The normalized spacial score (nSPS) is 8.82. The molecule has 0 fully saturated rings. The van der Waals surface area contributed by atoms with Gasteiger partial charge in [-0.2, -0.15) is 0 Å². The molecule has 0 aliphatic rings. The molecule has 56 valence electrons. The van der Waals surface area contributed by atoms with Gasteiger partial charge in [-0.15, -0.1) is 0 Å². The van der Waals surface area contributed by atoms with Crippen molar-refractivity contribution in [3.8, 4) is 0 Å². The minimum Gasteiger partial charge on any atom is -0.398 e. The quantitative estimate of drug-likeness (QED) is 0.570. The fraction of sp³-hybridized carbons (Fsp3) is 0. The monoisotopic (exact) mass is 211 g/mol. The largest absolute Gasteiger partial charge is 0.398 e. The van der Waals surface area contributed by atoms with Crippen LogP contribution in [0.4, 0.5) is 5.69 Å². The highest BCUT2D eigenvalue weighted by Gasteiger charge is 1.94. The standard InChI is InChI=1S/C8H6BrNO/c9-7-5-6(3-4-11)1-2-8(7)10/h1-3,5H,10H2. The lowest BCUT2D eigenvalue weighted by Crippen LogP contribution is -1.85. The van der Waals surface area contributed by atoms with Gasteiger partial charge in [0.25, 0.3) is 0 Å². The second kappa shape index (κ2) is 3.37. The van der Waals surface area contributed by atoms with Gasteiger partial charge in [0.15, 0.2) is 0 Å². The van der Waals surface area contributed by atoms with Gasteiger partial charge in [0.05, 0.1) is 0 Å². The van der Waals surface area contributed by atoms with Crippen molar-refractivity contribution in [2.45, 2.75) is 0 Å². The van der Waals surface area contributed by atoms with Gasteiger partial charge in [-0.1, -0.05) is 6.07 Å². The zero-order chi connectivity index (χ0) is 8.27. The number of carbonyl (C=O) groups excluding carboxylic acids is 1. The molecule has 0 unspecified atom stereocenters. The number of hydrogen-bond donors (Lipinski definition) is 1. The molecule has 1 aromatic carbocycles. The summed E-state index contributed by atoms with van der Waals surface area (Å²) >= 11 is 3.24. The van der Waals surface area contributed by atoms with Crippen molar-refractivity contribution in [1.29, 1.82) is 0 Å². The minimum absolute atomic E-state index is 0.660. The summed E-state index contributed by atoms with van der Waals surface area (Å²) in [5.74, 6) is 1.69. The molecule has 2 nitrogen and oxygen atoms in total. The highest BCUT2D eigenvalue weighted by molar-refractivity contribution is 9.10. The third-order valence-electron chi connectivity index (χ3n) is 1.25. The van der Waals surface area contributed by atoms with Crippen LogP contribution in [0.25, 0.3) is 6.08 Å². The summed E-state index contributed by atoms with van der Waals surface area (Å²) in [6, 6.07) is 5.25. The molecule has 11 heavy (non-hydrogen) atoms. The van der Waals surface area contributed by atoms with E-state index in [1.807, 2.05) is 0 Å². The Morgan fingerprint density at radius 2 is 2.27 bits per heavy atom. The lowest BCUT2D eigenvalue weighted by molar-refractivity contribution is 0.570. The number of halogens is 1. The van der Waals surface area contributed by atoms with Crippen molar-refractivity contribution in [2.75, 3.05) is 5.73 Å². The van der Waals surface area contributed by atoms with E-state index >= 15 is 0 Å². The van der Waals surface area contributed by atoms with Crippen molar-refractivity contribution in [3.63, 3.8) is 0 Å². The van der Waals surface area contributed by atoms with Crippen LogP contribution in [-0.4, -0.2) is 5.94 Å². The van der Waals surface area contributed by atoms with Gasteiger partial charge < -0.3 is 5.73 Å². The van der Waals surface area contributed by atoms with E-state index in [0.717, 1.165) is 10.0 Å². The van der Waals surface area contributed by atoms with Crippen molar-refractivity contribution >= 4 is 33.6 Å². The van der Waals surface area contributed by atoms with E-state index in [1.54, 1.807) is 24.1 Å². The Hall–Kier alpha value is -1.05. The van der Waals surface area contributed by atoms with E-state index in [0.29, 0.717) is 5.69 Å². The predicted octanol–water partition coefficient (Wildman–Crippen LogP) is 1.88. The van der Waals surface area contributed by atoms with Gasteiger partial charge in [0, 0.05) is 16.2 Å². The molecule has 0 spiro atoms. The van der Waals surface area contributed by atoms with Crippen molar-refractivity contribution < 1.29 is 4.79 Å². The average Bonchev–Trinajstić information content (AvgIpc) is 1.98. The molecule has 0 saturated carbocycles. The van der Waals surface area contributed by atoms with E-state index in [-0.39, 0.29) is 0 Å².